The molecule has 0 aromatic rings. The summed E-state index contributed by atoms with van der Waals surface area (Å²) >= 11 is 0. The van der Waals surface area contributed by atoms with Gasteiger partial charge in [0.15, 0.2) is 23.1 Å². The quantitative estimate of drug-likeness (QED) is 0.301. The summed E-state index contributed by atoms with van der Waals surface area (Å²) in [5.41, 5.74) is -3.03. The van der Waals surface area contributed by atoms with Gasteiger partial charge >= 0.3 is 0 Å². The van der Waals surface area contributed by atoms with E-state index in [4.69, 9.17) is 0 Å². The minimum atomic E-state index is -2.13. The number of Topliss-reactive ketones (excluding diaryl/α,β-unsaturated/α-hetero) is 2. The van der Waals surface area contributed by atoms with Gasteiger partial charge in [-0.3, -0.25) is 19.2 Å². The van der Waals surface area contributed by atoms with Gasteiger partial charge in [0.25, 0.3) is 0 Å². The average molecular weight is 691 g/mol. The number of aliphatic hydroxyl groups excluding tert-OH is 2. The maximum Gasteiger partial charge on any atom is 0.196 e. The predicted molar refractivity (Wildman–Crippen MR) is 185 cm³/mol. The van der Waals surface area contributed by atoms with Crippen LogP contribution in [0, 0.1) is 57.2 Å². The van der Waals surface area contributed by atoms with E-state index in [1.165, 1.54) is 11.1 Å². The highest BCUT2D eigenvalue weighted by Crippen LogP contribution is 2.69. The molecule has 0 spiro atoms. The Hall–Kier alpha value is -2.00. The molecular weight excluding hydrogens is 632 g/mol. The molecule has 274 valence electrons. The van der Waals surface area contributed by atoms with Gasteiger partial charge < -0.3 is 20.4 Å². The van der Waals surface area contributed by atoms with E-state index in [1.807, 2.05) is 26.0 Å². The van der Waals surface area contributed by atoms with E-state index < -0.39 is 45.8 Å². The van der Waals surface area contributed by atoms with E-state index in [9.17, 15) is 39.6 Å². The second-order valence-electron chi connectivity index (χ2n) is 19.3. The fraction of sp³-hybridized carbons (Fsp3) is 0.810. The fourth-order valence-corrected chi connectivity index (χ4v) is 14.7. The average Bonchev–Trinajstić information content (AvgIpc) is 3.53. The standard InChI is InChI=1S/C42H58O8/c1-37-15-9-25(43)21-23(37)5-7-27-29(37)11-17-39(3)31(27)13-19-41(39,49)35(47)33(45)34(46)36(48)42(50)20-14-32-28-8-6-24-22-26(44)10-16-38(24,2)30(28)12-18-40(32,42)4/h21-22,27-34,45-46,49-50H,5-20H2,1-4H3/t27-,28-,29+,30+,31+,32+,33?,34?,37+,38+,39+,40+,41+,42+/m1/s1. The Morgan fingerprint density at radius 1 is 0.560 bits per heavy atom. The highest BCUT2D eigenvalue weighted by molar-refractivity contribution is 6.01. The Balaban J connectivity index is 1.000. The molecule has 0 heterocycles. The third-order valence-corrected chi connectivity index (χ3v) is 17.9. The minimum absolute atomic E-state index is 0.0510. The molecule has 2 unspecified atom stereocenters. The highest BCUT2D eigenvalue weighted by Gasteiger charge is 2.70. The smallest absolute Gasteiger partial charge is 0.196 e. The van der Waals surface area contributed by atoms with Crippen molar-refractivity contribution in [3.63, 3.8) is 0 Å². The molecule has 0 aromatic carbocycles. The van der Waals surface area contributed by atoms with Gasteiger partial charge in [0.1, 0.15) is 23.4 Å². The Morgan fingerprint density at radius 3 is 1.30 bits per heavy atom. The maximum atomic E-state index is 14.3. The SMILES string of the molecule is C[C@]12CCC(=O)C=C1CC[C@@H]1[C@@H]2CC[C@@]2(C)[C@H]1CC[C@]2(O)C(=O)C(O)C(O)C(=O)[C@@]1(O)CC[C@H]2[C@@H]3CCC4=CC(=O)CC[C@]4(C)[C@H]3CC[C@@]21C. The molecule has 8 heteroatoms. The first-order valence-electron chi connectivity index (χ1n) is 19.8. The van der Waals surface area contributed by atoms with Crippen LogP contribution >= 0.6 is 0 Å². The molecule has 8 rings (SSSR count). The Kier molecular flexibility index (Phi) is 7.89. The van der Waals surface area contributed by atoms with Crippen molar-refractivity contribution < 1.29 is 39.6 Å². The summed E-state index contributed by atoms with van der Waals surface area (Å²) in [5, 5.41) is 47.6. The largest absolute Gasteiger partial charge is 0.382 e. The van der Waals surface area contributed by atoms with Gasteiger partial charge in [0.2, 0.25) is 0 Å². The number of carbonyl (C=O) groups excluding carboxylic acids is 4. The van der Waals surface area contributed by atoms with Gasteiger partial charge in [-0.05, 0) is 148 Å². The van der Waals surface area contributed by atoms with Gasteiger partial charge in [-0.15, -0.1) is 0 Å². The lowest BCUT2D eigenvalue weighted by molar-refractivity contribution is -0.185. The van der Waals surface area contributed by atoms with E-state index in [-0.39, 0.29) is 58.9 Å². The summed E-state index contributed by atoms with van der Waals surface area (Å²) < 4.78 is 0. The summed E-state index contributed by atoms with van der Waals surface area (Å²) in [4.78, 5) is 53.0. The lowest BCUT2D eigenvalue weighted by Gasteiger charge is -2.59. The monoisotopic (exact) mass is 690 g/mol. The first-order valence-corrected chi connectivity index (χ1v) is 19.8. The van der Waals surface area contributed by atoms with Crippen molar-refractivity contribution in [3.05, 3.63) is 23.3 Å². The van der Waals surface area contributed by atoms with Crippen LogP contribution in [0.4, 0.5) is 0 Å². The fourth-order valence-electron chi connectivity index (χ4n) is 14.7. The van der Waals surface area contributed by atoms with Crippen LogP contribution in [0.2, 0.25) is 0 Å². The first-order chi connectivity index (χ1) is 23.4. The number of hydrogen-bond acceptors (Lipinski definition) is 8. The van der Waals surface area contributed by atoms with E-state index in [1.54, 1.807) is 0 Å². The topological polar surface area (TPSA) is 149 Å². The van der Waals surface area contributed by atoms with Gasteiger partial charge in [-0.25, -0.2) is 0 Å². The van der Waals surface area contributed by atoms with Crippen molar-refractivity contribution in [1.29, 1.82) is 0 Å². The summed E-state index contributed by atoms with van der Waals surface area (Å²) in [7, 11) is 0. The molecule has 50 heavy (non-hydrogen) atoms. The molecule has 8 aliphatic carbocycles. The third-order valence-electron chi connectivity index (χ3n) is 17.9. The zero-order chi connectivity index (χ0) is 35.8. The van der Waals surface area contributed by atoms with Crippen LogP contribution in [-0.4, -0.2) is 67.0 Å². The minimum Gasteiger partial charge on any atom is -0.382 e. The van der Waals surface area contributed by atoms with Crippen LogP contribution in [0.3, 0.4) is 0 Å². The molecule has 4 N–H and O–H groups in total. The van der Waals surface area contributed by atoms with Crippen LogP contribution in [0.5, 0.6) is 0 Å². The number of carbonyl (C=O) groups is 4. The van der Waals surface area contributed by atoms with Crippen molar-refractivity contribution >= 4 is 23.1 Å². The number of ketones is 4. The van der Waals surface area contributed by atoms with Gasteiger partial charge in [-0.1, -0.05) is 38.8 Å². The lowest BCUT2D eigenvalue weighted by atomic mass is 9.46. The number of rotatable bonds is 5. The summed E-state index contributed by atoms with van der Waals surface area (Å²) in [5.74, 6) is -0.000387. The second-order valence-corrected chi connectivity index (χ2v) is 19.3. The summed E-state index contributed by atoms with van der Waals surface area (Å²) in [6.45, 7) is 8.49. The van der Waals surface area contributed by atoms with Crippen LogP contribution in [-0.2, 0) is 19.2 Å². The maximum absolute atomic E-state index is 14.3. The van der Waals surface area contributed by atoms with E-state index in [0.29, 0.717) is 50.4 Å². The molecule has 14 atom stereocenters. The van der Waals surface area contributed by atoms with Gasteiger partial charge in [0, 0.05) is 23.7 Å². The molecule has 0 amide bonds. The first kappa shape index (κ1) is 35.1. The lowest BCUT2D eigenvalue weighted by Crippen LogP contribution is -2.64. The molecule has 0 bridgehead atoms. The van der Waals surface area contributed by atoms with E-state index in [2.05, 4.69) is 13.8 Å². The molecular formula is C42H58O8. The summed E-state index contributed by atoms with van der Waals surface area (Å²) in [6.07, 6.45) is 10.1. The molecule has 0 aliphatic heterocycles. The number of hydrogen-bond donors (Lipinski definition) is 4. The van der Waals surface area contributed by atoms with Crippen molar-refractivity contribution in [3.8, 4) is 0 Å². The Bertz CT molecular complexity index is 1480. The zero-order valence-electron chi connectivity index (χ0n) is 30.5. The van der Waals surface area contributed by atoms with E-state index in [0.717, 1.165) is 51.4 Å². The number of fused-ring (bicyclic) bond motifs is 10. The van der Waals surface area contributed by atoms with Crippen molar-refractivity contribution in [2.24, 2.45) is 57.2 Å². The van der Waals surface area contributed by atoms with Crippen molar-refractivity contribution in [1.82, 2.24) is 0 Å². The molecule has 8 aliphatic rings. The van der Waals surface area contributed by atoms with Crippen molar-refractivity contribution in [2.45, 2.75) is 154 Å². The summed E-state index contributed by atoms with van der Waals surface area (Å²) in [6, 6.07) is 0. The molecule has 6 fully saturated rings. The Morgan fingerprint density at radius 2 is 0.920 bits per heavy atom. The second kappa shape index (κ2) is 11.3. The van der Waals surface area contributed by atoms with E-state index >= 15 is 0 Å². The highest BCUT2D eigenvalue weighted by atomic mass is 16.4. The molecule has 0 aromatic heterocycles. The molecule has 0 radical (unpaired) electrons. The third kappa shape index (κ3) is 4.37. The molecule has 0 saturated heterocycles. The van der Waals surface area contributed by atoms with Crippen LogP contribution in [0.25, 0.3) is 0 Å². The van der Waals surface area contributed by atoms with Gasteiger partial charge in [0.05, 0.1) is 0 Å². The van der Waals surface area contributed by atoms with Crippen LogP contribution < -0.4 is 0 Å². The van der Waals surface area contributed by atoms with Crippen LogP contribution in [0.1, 0.15) is 130 Å². The normalized spacial score (nSPS) is 50.7. The molecule has 6 saturated carbocycles. The van der Waals surface area contributed by atoms with Crippen LogP contribution in [0.15, 0.2) is 23.3 Å². The van der Waals surface area contributed by atoms with Gasteiger partial charge in [-0.2, -0.15) is 0 Å². The zero-order valence-corrected chi connectivity index (χ0v) is 30.5. The predicted octanol–water partition coefficient (Wildman–Crippen LogP) is 5.37. The number of aliphatic hydroxyl groups is 4. The number of allylic oxidation sites excluding steroid dienone is 2. The van der Waals surface area contributed by atoms with Crippen molar-refractivity contribution in [2.75, 3.05) is 0 Å². The molecule has 8 nitrogen and oxygen atoms in total. The Labute approximate surface area is 296 Å².